The molecule has 2 heterocycles. The number of aliphatic imine (C=N–C) groups is 1. The van der Waals surface area contributed by atoms with Crippen LogP contribution in [0.3, 0.4) is 0 Å². The van der Waals surface area contributed by atoms with E-state index in [1.807, 2.05) is 25.1 Å². The highest BCUT2D eigenvalue weighted by molar-refractivity contribution is 6.09. The van der Waals surface area contributed by atoms with Crippen LogP contribution in [0.2, 0.25) is 0 Å². The van der Waals surface area contributed by atoms with Crippen molar-refractivity contribution < 1.29 is 0 Å². The fourth-order valence-corrected chi connectivity index (χ4v) is 4.24. The molecule has 7 nitrogen and oxygen atoms in total. The van der Waals surface area contributed by atoms with Crippen molar-refractivity contribution in [3.05, 3.63) is 83.3 Å². The second-order valence-electron chi connectivity index (χ2n) is 7.93. The molecule has 0 spiro atoms. The molecule has 0 aliphatic carbocycles. The number of aromatic nitrogens is 1. The Balaban J connectivity index is 1.82. The highest BCUT2D eigenvalue weighted by Gasteiger charge is 2.26. The van der Waals surface area contributed by atoms with Gasteiger partial charge in [0, 0.05) is 60.1 Å². The minimum Gasteiger partial charge on any atom is -0.404 e. The van der Waals surface area contributed by atoms with Crippen LogP contribution in [0, 0.1) is 0 Å². The summed E-state index contributed by atoms with van der Waals surface area (Å²) in [7, 11) is 1.73. The predicted molar refractivity (Wildman–Crippen MR) is 133 cm³/mol. The number of hydrogen-bond donors (Lipinski definition) is 4. The molecule has 7 heteroatoms. The molecule has 0 bridgehead atoms. The first-order valence-corrected chi connectivity index (χ1v) is 10.6. The van der Waals surface area contributed by atoms with Crippen LogP contribution < -0.4 is 22.6 Å². The van der Waals surface area contributed by atoms with Crippen LogP contribution in [0.25, 0.3) is 22.2 Å². The van der Waals surface area contributed by atoms with Crippen molar-refractivity contribution in [3.8, 4) is 0 Å². The molecular weight excluding hydrogens is 398 g/mol. The van der Waals surface area contributed by atoms with Gasteiger partial charge in [0.2, 0.25) is 0 Å². The maximum atomic E-state index is 6.40. The van der Waals surface area contributed by atoms with Gasteiger partial charge in [-0.05, 0) is 54.8 Å². The minimum absolute atomic E-state index is 0.0274. The monoisotopic (exact) mass is 427 g/mol. The van der Waals surface area contributed by atoms with Gasteiger partial charge in [0.1, 0.15) is 0 Å². The summed E-state index contributed by atoms with van der Waals surface area (Å²) in [6, 6.07) is 16.5. The Morgan fingerprint density at radius 3 is 2.81 bits per heavy atom. The molecular formula is C25H29N7. The van der Waals surface area contributed by atoms with Crippen molar-refractivity contribution in [2.75, 3.05) is 18.9 Å². The molecule has 164 valence electrons. The van der Waals surface area contributed by atoms with E-state index in [-0.39, 0.29) is 6.04 Å². The SMILES string of the molecule is CN=CC(=CN)c1ccc2c(c1)C(Nc1ccc3ncccc3c1)CCN(N)/C2=C(/C)N. The third-order valence-corrected chi connectivity index (χ3v) is 5.73. The first-order valence-electron chi connectivity index (χ1n) is 10.6. The van der Waals surface area contributed by atoms with Crippen LogP contribution >= 0.6 is 0 Å². The third kappa shape index (κ3) is 4.15. The van der Waals surface area contributed by atoms with E-state index in [1.54, 1.807) is 30.7 Å². The van der Waals surface area contributed by atoms with Crippen molar-refractivity contribution in [1.29, 1.82) is 0 Å². The average molecular weight is 428 g/mol. The first-order chi connectivity index (χ1) is 15.5. The Hall–Kier alpha value is -3.84. The number of rotatable bonds is 4. The Morgan fingerprint density at radius 2 is 2.06 bits per heavy atom. The molecule has 3 aromatic rings. The van der Waals surface area contributed by atoms with Gasteiger partial charge in [-0.25, -0.2) is 5.84 Å². The third-order valence-electron chi connectivity index (χ3n) is 5.73. The number of nitrogens with zero attached hydrogens (tertiary/aromatic N) is 3. The average Bonchev–Trinajstić information content (AvgIpc) is 2.93. The molecule has 0 fully saturated rings. The van der Waals surface area contributed by atoms with E-state index in [0.29, 0.717) is 12.2 Å². The summed E-state index contributed by atoms with van der Waals surface area (Å²) in [6.07, 6.45) is 5.94. The Bertz CT molecular complexity index is 1220. The molecule has 4 rings (SSSR count). The van der Waals surface area contributed by atoms with Gasteiger partial charge in [0.25, 0.3) is 0 Å². The lowest BCUT2D eigenvalue weighted by molar-refractivity contribution is 0.402. The number of anilines is 1. The quantitative estimate of drug-likeness (QED) is 0.373. The number of hydrazine groups is 1. The fraction of sp³-hybridized carbons (Fsp3) is 0.200. The maximum absolute atomic E-state index is 6.40. The van der Waals surface area contributed by atoms with Crippen molar-refractivity contribution in [2.45, 2.75) is 19.4 Å². The summed E-state index contributed by atoms with van der Waals surface area (Å²) in [5.74, 6) is 6.40. The number of hydrogen-bond acceptors (Lipinski definition) is 7. The van der Waals surface area contributed by atoms with Gasteiger partial charge in [-0.2, -0.15) is 0 Å². The lowest BCUT2D eigenvalue weighted by atomic mass is 9.92. The summed E-state index contributed by atoms with van der Waals surface area (Å²) >= 11 is 0. The van der Waals surface area contributed by atoms with Crippen LogP contribution in [0.15, 0.2) is 71.6 Å². The molecule has 1 aliphatic rings. The number of benzene rings is 2. The highest BCUT2D eigenvalue weighted by Crippen LogP contribution is 2.36. The molecule has 1 aliphatic heterocycles. The van der Waals surface area contributed by atoms with Crippen LogP contribution in [-0.4, -0.2) is 29.8 Å². The molecule has 0 amide bonds. The van der Waals surface area contributed by atoms with Crippen molar-refractivity contribution in [1.82, 2.24) is 9.99 Å². The van der Waals surface area contributed by atoms with E-state index in [9.17, 15) is 0 Å². The van der Waals surface area contributed by atoms with Gasteiger partial charge in [-0.15, -0.1) is 0 Å². The predicted octanol–water partition coefficient (Wildman–Crippen LogP) is 3.61. The van der Waals surface area contributed by atoms with E-state index < -0.39 is 0 Å². The van der Waals surface area contributed by atoms with Crippen molar-refractivity contribution >= 4 is 34.1 Å². The molecule has 0 radical (unpaired) electrons. The van der Waals surface area contributed by atoms with Crippen LogP contribution in [0.1, 0.15) is 36.1 Å². The normalized spacial score (nSPS) is 18.5. The summed E-state index contributed by atoms with van der Waals surface area (Å²) < 4.78 is 0. The first kappa shape index (κ1) is 21.4. The fourth-order valence-electron chi connectivity index (χ4n) is 4.24. The number of fused-ring (bicyclic) bond motifs is 2. The Kier molecular flexibility index (Phi) is 6.09. The molecule has 0 saturated heterocycles. The number of allylic oxidation sites excluding steroid dienone is 2. The Morgan fingerprint density at radius 1 is 1.22 bits per heavy atom. The lowest BCUT2D eigenvalue weighted by Crippen LogP contribution is -2.31. The van der Waals surface area contributed by atoms with Crippen LogP contribution in [0.4, 0.5) is 5.69 Å². The highest BCUT2D eigenvalue weighted by atomic mass is 15.4. The van der Waals surface area contributed by atoms with Crippen LogP contribution in [0.5, 0.6) is 0 Å². The zero-order valence-corrected chi connectivity index (χ0v) is 18.4. The largest absolute Gasteiger partial charge is 0.404 e. The molecule has 7 N–H and O–H groups in total. The zero-order valence-electron chi connectivity index (χ0n) is 18.4. The molecule has 0 saturated carbocycles. The van der Waals surface area contributed by atoms with E-state index in [1.165, 1.54) is 0 Å². The smallest absolute Gasteiger partial charge is 0.0777 e. The van der Waals surface area contributed by atoms with E-state index in [0.717, 1.165) is 51.0 Å². The summed E-state index contributed by atoms with van der Waals surface area (Å²) in [4.78, 5) is 8.55. The second kappa shape index (κ2) is 9.11. The van der Waals surface area contributed by atoms with Gasteiger partial charge in [0.05, 0.1) is 17.3 Å². The maximum Gasteiger partial charge on any atom is 0.0777 e. The minimum atomic E-state index is 0.0274. The zero-order chi connectivity index (χ0) is 22.7. The van der Waals surface area contributed by atoms with Crippen molar-refractivity contribution in [3.63, 3.8) is 0 Å². The van der Waals surface area contributed by atoms with E-state index >= 15 is 0 Å². The standard InChI is InChI=1S/C25H29N7/c1-16(27)25-21-7-5-17(19(14-26)15-29-2)13-22(21)24(9-11-32(25)28)31-20-6-8-23-18(12-20)4-3-10-30-23/h3-8,10,12-15,24,31H,9,11,26-28H2,1-2H3/b19-14?,25-16-,29-15?. The van der Waals surface area contributed by atoms with E-state index in [4.69, 9.17) is 17.3 Å². The summed E-state index contributed by atoms with van der Waals surface area (Å²) in [6.45, 7) is 2.54. The van der Waals surface area contributed by atoms with Gasteiger partial charge in [-0.1, -0.05) is 18.2 Å². The molecule has 1 aromatic heterocycles. The van der Waals surface area contributed by atoms with Gasteiger partial charge in [0.15, 0.2) is 0 Å². The lowest BCUT2D eigenvalue weighted by Gasteiger charge is -2.22. The molecule has 32 heavy (non-hydrogen) atoms. The summed E-state index contributed by atoms with van der Waals surface area (Å²) in [5.41, 5.74) is 19.6. The molecule has 1 atom stereocenters. The molecule has 1 unspecified atom stereocenters. The van der Waals surface area contributed by atoms with Gasteiger partial charge in [-0.3, -0.25) is 9.98 Å². The number of nitrogens with two attached hydrogens (primary N) is 3. The van der Waals surface area contributed by atoms with Gasteiger partial charge < -0.3 is 21.8 Å². The van der Waals surface area contributed by atoms with Crippen LogP contribution in [-0.2, 0) is 0 Å². The second-order valence-corrected chi connectivity index (χ2v) is 7.93. The number of nitrogens with one attached hydrogen (secondary N) is 1. The summed E-state index contributed by atoms with van der Waals surface area (Å²) in [5, 5.41) is 6.54. The molecule has 2 aromatic carbocycles. The Labute approximate surface area is 188 Å². The van der Waals surface area contributed by atoms with E-state index in [2.05, 4.69) is 45.6 Å². The topological polar surface area (TPSA) is 119 Å². The number of pyridine rings is 1. The van der Waals surface area contributed by atoms with Crippen molar-refractivity contribution in [2.24, 2.45) is 22.3 Å². The van der Waals surface area contributed by atoms with Gasteiger partial charge >= 0.3 is 0 Å².